The lowest BCUT2D eigenvalue weighted by atomic mass is 9.53. The van der Waals surface area contributed by atoms with Crippen LogP contribution in [0.15, 0.2) is 12.1 Å². The number of hydrogen-bond acceptors (Lipinski definition) is 3. The number of phenolic OH excluding ortho intramolecular Hbond substituents is 1. The molecule has 2 aliphatic carbocycles. The van der Waals surface area contributed by atoms with E-state index in [4.69, 9.17) is 0 Å². The largest absolute Gasteiger partial charge is 0.506 e. The van der Waals surface area contributed by atoms with Gasteiger partial charge < -0.3 is 15.3 Å². The van der Waals surface area contributed by atoms with Crippen molar-refractivity contribution in [3.63, 3.8) is 0 Å². The topological polar surface area (TPSA) is 35.5 Å². The van der Waals surface area contributed by atoms with Crippen LogP contribution in [-0.2, 0) is 11.8 Å². The van der Waals surface area contributed by atoms with Crippen molar-refractivity contribution in [2.45, 2.75) is 76.7 Å². The second-order valence-electron chi connectivity index (χ2n) is 8.51. The van der Waals surface area contributed by atoms with E-state index in [2.05, 4.69) is 36.2 Å². The molecule has 138 valence electrons. The number of piperidine rings is 1. The number of rotatable bonds is 5. The first-order chi connectivity index (χ1) is 12.2. The van der Waals surface area contributed by atoms with Crippen molar-refractivity contribution < 1.29 is 5.11 Å². The number of nitrogens with one attached hydrogen (secondary N) is 1. The molecule has 0 amide bonds. The second kappa shape index (κ2) is 6.83. The van der Waals surface area contributed by atoms with E-state index in [1.807, 2.05) is 0 Å². The highest BCUT2D eigenvalue weighted by molar-refractivity contribution is 5.63. The molecule has 0 radical (unpaired) electrons. The van der Waals surface area contributed by atoms with Crippen LogP contribution in [0.5, 0.6) is 5.75 Å². The van der Waals surface area contributed by atoms with Crippen LogP contribution in [0.3, 0.4) is 0 Å². The Morgan fingerprint density at radius 2 is 1.96 bits per heavy atom. The highest BCUT2D eigenvalue weighted by Gasteiger charge is 2.51. The molecule has 0 spiro atoms. The van der Waals surface area contributed by atoms with E-state index in [1.54, 1.807) is 0 Å². The molecule has 3 heteroatoms. The van der Waals surface area contributed by atoms with Gasteiger partial charge in [0.15, 0.2) is 0 Å². The van der Waals surface area contributed by atoms with Crippen molar-refractivity contribution in [1.82, 2.24) is 5.32 Å². The Balaban J connectivity index is 1.77. The summed E-state index contributed by atoms with van der Waals surface area (Å²) >= 11 is 0. The van der Waals surface area contributed by atoms with Crippen molar-refractivity contribution >= 4 is 5.69 Å². The van der Waals surface area contributed by atoms with Gasteiger partial charge in [-0.1, -0.05) is 26.7 Å². The first-order valence-corrected chi connectivity index (χ1v) is 10.5. The minimum absolute atomic E-state index is 0.331. The molecular weight excluding hydrogens is 308 g/mol. The van der Waals surface area contributed by atoms with E-state index in [0.29, 0.717) is 17.2 Å². The van der Waals surface area contributed by atoms with Gasteiger partial charge in [0.25, 0.3) is 0 Å². The van der Waals surface area contributed by atoms with Gasteiger partial charge in [0.2, 0.25) is 0 Å². The Morgan fingerprint density at radius 3 is 2.72 bits per heavy atom. The monoisotopic (exact) mass is 342 g/mol. The first-order valence-electron chi connectivity index (χ1n) is 10.5. The summed E-state index contributed by atoms with van der Waals surface area (Å²) < 4.78 is 0. The van der Waals surface area contributed by atoms with Gasteiger partial charge in [-0.25, -0.2) is 0 Å². The van der Waals surface area contributed by atoms with Gasteiger partial charge in [0.1, 0.15) is 5.75 Å². The molecule has 4 rings (SSSR count). The number of nitrogens with zero attached hydrogens (tertiary/aromatic N) is 1. The molecule has 2 bridgehead atoms. The quantitative estimate of drug-likeness (QED) is 0.834. The summed E-state index contributed by atoms with van der Waals surface area (Å²) in [5.41, 5.74) is 4.38. The molecule has 3 atom stereocenters. The summed E-state index contributed by atoms with van der Waals surface area (Å²) in [6.07, 6.45) is 10.0. The lowest BCUT2D eigenvalue weighted by Crippen LogP contribution is -2.59. The Morgan fingerprint density at radius 1 is 1.16 bits per heavy atom. The van der Waals surface area contributed by atoms with Gasteiger partial charge in [0, 0.05) is 24.5 Å². The number of fused-ring (bicyclic) bond motifs is 1. The Kier molecular flexibility index (Phi) is 4.70. The van der Waals surface area contributed by atoms with Crippen LogP contribution in [0, 0.1) is 5.92 Å². The normalized spacial score (nSPS) is 30.5. The Hall–Kier alpha value is -1.22. The van der Waals surface area contributed by atoms with E-state index < -0.39 is 0 Å². The van der Waals surface area contributed by atoms with E-state index in [-0.39, 0.29) is 0 Å². The lowest BCUT2D eigenvalue weighted by Gasteiger charge is -2.56. The predicted octanol–water partition coefficient (Wildman–Crippen LogP) is 4.36. The van der Waals surface area contributed by atoms with E-state index in [0.717, 1.165) is 50.5 Å². The summed E-state index contributed by atoms with van der Waals surface area (Å²) in [7, 11) is 0. The van der Waals surface area contributed by atoms with Crippen molar-refractivity contribution in [3.8, 4) is 5.75 Å². The molecular formula is C22H34N2O. The molecule has 2 N–H and O–H groups in total. The number of hydrogen-bond donors (Lipinski definition) is 2. The summed E-state index contributed by atoms with van der Waals surface area (Å²) in [4.78, 5) is 2.38. The number of phenols is 1. The molecule has 1 saturated carbocycles. The standard InChI is InChI=1S/C22H34N2O/c1-3-11-24(12-4-2)20-14-16-13-19-17-7-5-6-8-22(17,9-10-23-19)18(16)15-21(20)25/h14-15,17,19,23,25H,3-13H2,1-2H3/t17-,19+,22+/m1/s1. The van der Waals surface area contributed by atoms with Crippen molar-refractivity contribution in [2.75, 3.05) is 24.5 Å². The summed E-state index contributed by atoms with van der Waals surface area (Å²) in [6, 6.07) is 5.15. The van der Waals surface area contributed by atoms with Gasteiger partial charge >= 0.3 is 0 Å². The van der Waals surface area contributed by atoms with E-state index in [9.17, 15) is 5.11 Å². The highest BCUT2D eigenvalue weighted by Crippen LogP contribution is 2.55. The number of benzene rings is 1. The van der Waals surface area contributed by atoms with Crippen LogP contribution < -0.4 is 10.2 Å². The Bertz CT molecular complexity index is 619. The summed E-state index contributed by atoms with van der Waals surface area (Å²) in [6.45, 7) is 7.63. The van der Waals surface area contributed by atoms with E-state index in [1.165, 1.54) is 43.2 Å². The third-order valence-corrected chi connectivity index (χ3v) is 7.07. The highest BCUT2D eigenvalue weighted by atomic mass is 16.3. The van der Waals surface area contributed by atoms with Crippen LogP contribution in [0.2, 0.25) is 0 Å². The molecule has 1 aliphatic heterocycles. The molecule has 1 aromatic carbocycles. The summed E-state index contributed by atoms with van der Waals surface area (Å²) in [5.74, 6) is 1.28. The molecule has 3 nitrogen and oxygen atoms in total. The fourth-order valence-electron chi connectivity index (χ4n) is 6.10. The third kappa shape index (κ3) is 2.75. The molecule has 3 aliphatic rings. The number of aromatic hydroxyl groups is 1. The lowest BCUT2D eigenvalue weighted by molar-refractivity contribution is 0.0795. The summed E-state index contributed by atoms with van der Waals surface area (Å²) in [5, 5.41) is 14.7. The molecule has 1 heterocycles. The molecule has 25 heavy (non-hydrogen) atoms. The van der Waals surface area contributed by atoms with Gasteiger partial charge in [-0.2, -0.15) is 0 Å². The maximum Gasteiger partial charge on any atom is 0.139 e. The molecule has 0 aromatic heterocycles. The zero-order chi connectivity index (χ0) is 17.4. The molecule has 0 unspecified atom stereocenters. The first kappa shape index (κ1) is 17.2. The fraction of sp³-hybridized carbons (Fsp3) is 0.727. The fourth-order valence-corrected chi connectivity index (χ4v) is 6.10. The van der Waals surface area contributed by atoms with Crippen molar-refractivity contribution in [3.05, 3.63) is 23.3 Å². The maximum absolute atomic E-state index is 10.9. The Labute approximate surface area is 152 Å². The smallest absolute Gasteiger partial charge is 0.139 e. The van der Waals surface area contributed by atoms with Crippen LogP contribution in [0.25, 0.3) is 0 Å². The van der Waals surface area contributed by atoms with Gasteiger partial charge in [-0.3, -0.25) is 0 Å². The van der Waals surface area contributed by atoms with Crippen LogP contribution >= 0.6 is 0 Å². The molecule has 1 aromatic rings. The second-order valence-corrected chi connectivity index (χ2v) is 8.51. The van der Waals surface area contributed by atoms with Gasteiger partial charge in [-0.15, -0.1) is 0 Å². The predicted molar refractivity (Wildman–Crippen MR) is 105 cm³/mol. The minimum Gasteiger partial charge on any atom is -0.506 e. The SMILES string of the molecule is CCCN(CCC)c1cc2c(cc1O)[C@]13CCCC[C@@H]1[C@H](C2)NCC3. The average Bonchev–Trinajstić information content (AvgIpc) is 2.62. The van der Waals surface area contributed by atoms with Crippen LogP contribution in [-0.4, -0.2) is 30.8 Å². The van der Waals surface area contributed by atoms with Crippen LogP contribution in [0.4, 0.5) is 5.69 Å². The van der Waals surface area contributed by atoms with Crippen molar-refractivity contribution in [2.24, 2.45) is 5.92 Å². The minimum atomic E-state index is 0.331. The average molecular weight is 343 g/mol. The van der Waals surface area contributed by atoms with Gasteiger partial charge in [-0.05, 0) is 74.2 Å². The van der Waals surface area contributed by atoms with Gasteiger partial charge in [0.05, 0.1) is 5.69 Å². The zero-order valence-corrected chi connectivity index (χ0v) is 16.0. The molecule has 1 saturated heterocycles. The van der Waals surface area contributed by atoms with Crippen molar-refractivity contribution in [1.29, 1.82) is 0 Å². The zero-order valence-electron chi connectivity index (χ0n) is 16.0. The number of anilines is 1. The third-order valence-electron chi connectivity index (χ3n) is 7.07. The maximum atomic E-state index is 10.9. The van der Waals surface area contributed by atoms with E-state index >= 15 is 0 Å². The van der Waals surface area contributed by atoms with Crippen LogP contribution in [0.1, 0.15) is 69.9 Å². The molecule has 2 fully saturated rings.